The summed E-state index contributed by atoms with van der Waals surface area (Å²) in [5.41, 5.74) is 8.36. The first-order valence-electron chi connectivity index (χ1n) is 11.1. The molecule has 4 aromatic rings. The number of anilines is 2. The molecule has 0 unspecified atom stereocenters. The highest BCUT2D eigenvalue weighted by atomic mass is 15.1. The van der Waals surface area contributed by atoms with E-state index < -0.39 is 0 Å². The lowest BCUT2D eigenvalue weighted by Crippen LogP contribution is -2.09. The minimum absolute atomic E-state index is 1.14. The summed E-state index contributed by atoms with van der Waals surface area (Å²) >= 11 is 0. The number of hydrogen-bond acceptors (Lipinski definition) is 1. The van der Waals surface area contributed by atoms with Gasteiger partial charge in [0.15, 0.2) is 0 Å². The van der Waals surface area contributed by atoms with E-state index in [2.05, 4.69) is 153 Å². The minimum atomic E-state index is 1.14. The minimum Gasteiger partial charge on any atom is -0.317 e. The first-order valence-corrected chi connectivity index (χ1v) is 11.1. The summed E-state index contributed by atoms with van der Waals surface area (Å²) in [6.45, 7) is 10.3. The van der Waals surface area contributed by atoms with Crippen molar-refractivity contribution in [3.05, 3.63) is 151 Å². The standard InChI is InChI=1S/C30H27N.C2H4/c1-24-13-19-29(20-14-24)31(23-25(2)28-11-7-4-8-12-28)30-21-17-27(18-22-30)16-15-26-9-5-3-6-10-26;1-2/h3-23H,1-2H3;1-2H2/b16-15-,25-23-;. The first kappa shape index (κ1) is 23.6. The monoisotopic (exact) mass is 429 g/mol. The molecule has 0 aliphatic heterocycles. The van der Waals surface area contributed by atoms with Crippen LogP contribution in [0.5, 0.6) is 0 Å². The topological polar surface area (TPSA) is 3.24 Å². The van der Waals surface area contributed by atoms with Crippen molar-refractivity contribution >= 4 is 29.1 Å². The molecular formula is C32H31N. The number of aryl methyl sites for hydroxylation is 1. The molecule has 33 heavy (non-hydrogen) atoms. The summed E-state index contributed by atoms with van der Waals surface area (Å²) in [6, 6.07) is 38.3. The fourth-order valence-electron chi connectivity index (χ4n) is 3.48. The third kappa shape index (κ3) is 6.69. The van der Waals surface area contributed by atoms with E-state index in [0.717, 1.165) is 11.4 Å². The second kappa shape index (κ2) is 12.1. The Balaban J connectivity index is 0.00000149. The molecule has 0 spiro atoms. The van der Waals surface area contributed by atoms with E-state index in [4.69, 9.17) is 0 Å². The van der Waals surface area contributed by atoms with E-state index in [1.54, 1.807) is 0 Å². The quantitative estimate of drug-likeness (QED) is 0.218. The van der Waals surface area contributed by atoms with E-state index >= 15 is 0 Å². The van der Waals surface area contributed by atoms with Crippen LogP contribution in [0.3, 0.4) is 0 Å². The van der Waals surface area contributed by atoms with Crippen molar-refractivity contribution in [3.63, 3.8) is 0 Å². The molecule has 0 N–H and O–H groups in total. The van der Waals surface area contributed by atoms with E-state index in [-0.39, 0.29) is 0 Å². The average molecular weight is 430 g/mol. The summed E-state index contributed by atoms with van der Waals surface area (Å²) in [4.78, 5) is 2.26. The predicted molar refractivity (Wildman–Crippen MR) is 146 cm³/mol. The molecule has 4 rings (SSSR count). The molecule has 0 saturated carbocycles. The van der Waals surface area contributed by atoms with E-state index in [9.17, 15) is 0 Å². The Hall–Kier alpha value is -4.10. The molecular weight excluding hydrogens is 398 g/mol. The number of rotatable bonds is 6. The molecule has 0 amide bonds. The summed E-state index contributed by atoms with van der Waals surface area (Å²) in [5.74, 6) is 0. The Labute approximate surface area is 198 Å². The molecule has 0 aliphatic rings. The van der Waals surface area contributed by atoms with Crippen LogP contribution in [0.25, 0.3) is 17.7 Å². The zero-order valence-electron chi connectivity index (χ0n) is 19.5. The number of allylic oxidation sites excluding steroid dienone is 1. The van der Waals surface area contributed by atoms with Crippen LogP contribution in [-0.4, -0.2) is 0 Å². The van der Waals surface area contributed by atoms with Gasteiger partial charge in [0.25, 0.3) is 0 Å². The van der Waals surface area contributed by atoms with Gasteiger partial charge in [-0.25, -0.2) is 0 Å². The first-order chi connectivity index (χ1) is 16.2. The van der Waals surface area contributed by atoms with Gasteiger partial charge in [0.1, 0.15) is 0 Å². The van der Waals surface area contributed by atoms with Crippen molar-refractivity contribution < 1.29 is 0 Å². The second-order valence-electron chi connectivity index (χ2n) is 7.72. The average Bonchev–Trinajstić information content (AvgIpc) is 2.89. The van der Waals surface area contributed by atoms with E-state index in [0.29, 0.717) is 0 Å². The number of hydrogen-bond donors (Lipinski definition) is 0. The second-order valence-corrected chi connectivity index (χ2v) is 7.72. The van der Waals surface area contributed by atoms with Crippen LogP contribution < -0.4 is 4.90 Å². The molecule has 0 heterocycles. The summed E-state index contributed by atoms with van der Waals surface area (Å²) in [5, 5.41) is 0. The highest BCUT2D eigenvalue weighted by Crippen LogP contribution is 2.29. The summed E-state index contributed by atoms with van der Waals surface area (Å²) < 4.78 is 0. The maximum atomic E-state index is 3.00. The van der Waals surface area contributed by atoms with Crippen LogP contribution in [0.15, 0.2) is 129 Å². The fourth-order valence-corrected chi connectivity index (χ4v) is 3.48. The molecule has 1 nitrogen and oxygen atoms in total. The smallest absolute Gasteiger partial charge is 0.0456 e. The van der Waals surface area contributed by atoms with Gasteiger partial charge in [0.05, 0.1) is 0 Å². The predicted octanol–water partition coefficient (Wildman–Crippen LogP) is 9.17. The molecule has 0 radical (unpaired) electrons. The molecule has 0 saturated heterocycles. The van der Waals surface area contributed by atoms with Crippen molar-refractivity contribution in [2.75, 3.05) is 4.90 Å². The number of benzene rings is 4. The van der Waals surface area contributed by atoms with Gasteiger partial charge in [-0.2, -0.15) is 0 Å². The van der Waals surface area contributed by atoms with E-state index in [1.807, 2.05) is 6.07 Å². The Morgan fingerprint density at radius 3 is 1.61 bits per heavy atom. The van der Waals surface area contributed by atoms with Crippen molar-refractivity contribution in [2.45, 2.75) is 13.8 Å². The van der Waals surface area contributed by atoms with Crippen LogP contribution in [0.2, 0.25) is 0 Å². The Kier molecular flexibility index (Phi) is 8.62. The third-order valence-corrected chi connectivity index (χ3v) is 5.30. The lowest BCUT2D eigenvalue weighted by molar-refractivity contribution is 1.27. The Morgan fingerprint density at radius 2 is 1.06 bits per heavy atom. The highest BCUT2D eigenvalue weighted by molar-refractivity contribution is 5.76. The van der Waals surface area contributed by atoms with Gasteiger partial charge in [-0.15, -0.1) is 13.2 Å². The molecule has 0 aliphatic carbocycles. The zero-order chi connectivity index (χ0) is 23.5. The molecule has 4 aromatic carbocycles. The molecule has 1 heteroatoms. The normalized spacial score (nSPS) is 11.0. The van der Waals surface area contributed by atoms with Gasteiger partial charge in [-0.05, 0) is 60.4 Å². The van der Waals surface area contributed by atoms with Crippen LogP contribution in [0.4, 0.5) is 11.4 Å². The zero-order valence-corrected chi connectivity index (χ0v) is 19.5. The Bertz CT molecular complexity index is 1170. The maximum absolute atomic E-state index is 3.00. The molecule has 0 aromatic heterocycles. The van der Waals surface area contributed by atoms with Gasteiger partial charge >= 0.3 is 0 Å². The van der Waals surface area contributed by atoms with Gasteiger partial charge < -0.3 is 4.90 Å². The van der Waals surface area contributed by atoms with Crippen LogP contribution in [0, 0.1) is 6.92 Å². The molecule has 0 fully saturated rings. The van der Waals surface area contributed by atoms with Crippen molar-refractivity contribution in [2.24, 2.45) is 0 Å². The molecule has 0 atom stereocenters. The SMILES string of the molecule is C/C(=C/N(c1ccc(C)cc1)c1ccc(/C=C\c2ccccc2)cc1)c1ccccc1.C=C. The van der Waals surface area contributed by atoms with Crippen molar-refractivity contribution in [1.29, 1.82) is 0 Å². The van der Waals surface area contributed by atoms with Crippen LogP contribution in [-0.2, 0) is 0 Å². The highest BCUT2D eigenvalue weighted by Gasteiger charge is 2.08. The molecule has 164 valence electrons. The largest absolute Gasteiger partial charge is 0.317 e. The summed E-state index contributed by atoms with van der Waals surface area (Å²) in [6.07, 6.45) is 6.52. The lowest BCUT2D eigenvalue weighted by atomic mass is 10.1. The Morgan fingerprint density at radius 1 is 0.606 bits per heavy atom. The van der Waals surface area contributed by atoms with Gasteiger partial charge in [0.2, 0.25) is 0 Å². The van der Waals surface area contributed by atoms with Crippen LogP contribution >= 0.6 is 0 Å². The fraction of sp³-hybridized carbons (Fsp3) is 0.0625. The number of nitrogens with zero attached hydrogens (tertiary/aromatic N) is 1. The van der Waals surface area contributed by atoms with E-state index in [1.165, 1.54) is 27.8 Å². The van der Waals surface area contributed by atoms with Gasteiger partial charge in [0, 0.05) is 17.6 Å². The van der Waals surface area contributed by atoms with Gasteiger partial charge in [-0.1, -0.05) is 103 Å². The van der Waals surface area contributed by atoms with Crippen molar-refractivity contribution in [3.8, 4) is 0 Å². The maximum Gasteiger partial charge on any atom is 0.0456 e. The van der Waals surface area contributed by atoms with Crippen molar-refractivity contribution in [1.82, 2.24) is 0 Å². The molecule has 0 bridgehead atoms. The van der Waals surface area contributed by atoms with Gasteiger partial charge in [-0.3, -0.25) is 0 Å². The lowest BCUT2D eigenvalue weighted by Gasteiger charge is -2.23. The van der Waals surface area contributed by atoms with Crippen LogP contribution in [0.1, 0.15) is 29.2 Å². The third-order valence-electron chi connectivity index (χ3n) is 5.30. The summed E-state index contributed by atoms with van der Waals surface area (Å²) in [7, 11) is 0.